The number of phenols is 1. The van der Waals surface area contributed by atoms with E-state index in [0.717, 1.165) is 37.7 Å². The van der Waals surface area contributed by atoms with Gasteiger partial charge >= 0.3 is 0 Å². The maximum Gasteiger partial charge on any atom is 0.241 e. The summed E-state index contributed by atoms with van der Waals surface area (Å²) in [5.74, 6) is -3.50. The number of anilines is 1. The van der Waals surface area contributed by atoms with Crippen molar-refractivity contribution in [2.75, 3.05) is 12.0 Å². The molecule has 5 aliphatic rings. The first-order chi connectivity index (χ1) is 20.3. The number of ether oxygens (including phenoxy) is 1. The summed E-state index contributed by atoms with van der Waals surface area (Å²) in [6.45, 7) is 1.82. The molecule has 0 bridgehead atoms. The van der Waals surface area contributed by atoms with Crippen molar-refractivity contribution in [3.05, 3.63) is 65.7 Å². The first-order valence-corrected chi connectivity index (χ1v) is 15.1. The number of hydrogen-bond donors (Lipinski definition) is 1. The summed E-state index contributed by atoms with van der Waals surface area (Å²) in [5, 5.41) is 11.4. The van der Waals surface area contributed by atoms with Gasteiger partial charge in [-0.3, -0.25) is 24.1 Å². The monoisotopic (exact) mass is 568 g/mol. The molecule has 42 heavy (non-hydrogen) atoms. The number of benzene rings is 2. The molecule has 0 aromatic heterocycles. The molecule has 2 saturated carbocycles. The second kappa shape index (κ2) is 9.82. The van der Waals surface area contributed by atoms with Crippen LogP contribution in [-0.4, -0.2) is 46.8 Å². The number of likely N-dealkylation sites (tertiary alicyclic amines) is 1. The number of aromatic hydroxyl groups is 1. The largest absolute Gasteiger partial charge is 0.504 e. The third-order valence-corrected chi connectivity index (χ3v) is 10.8. The minimum absolute atomic E-state index is 0.0665. The van der Waals surface area contributed by atoms with Crippen molar-refractivity contribution in [1.29, 1.82) is 0 Å². The van der Waals surface area contributed by atoms with E-state index in [4.69, 9.17) is 4.74 Å². The van der Waals surface area contributed by atoms with Crippen LogP contribution in [-0.2, 0) is 19.2 Å². The van der Waals surface area contributed by atoms with Crippen LogP contribution in [0.3, 0.4) is 0 Å². The lowest BCUT2D eigenvalue weighted by molar-refractivity contribution is -0.144. The third kappa shape index (κ3) is 3.59. The van der Waals surface area contributed by atoms with Crippen molar-refractivity contribution >= 4 is 29.3 Å². The zero-order valence-electron chi connectivity index (χ0n) is 24.0. The van der Waals surface area contributed by atoms with E-state index in [1.165, 1.54) is 12.0 Å². The minimum Gasteiger partial charge on any atom is -0.504 e. The molecule has 218 valence electrons. The molecule has 8 heteroatoms. The molecule has 1 N–H and O–H groups in total. The molecule has 4 fully saturated rings. The van der Waals surface area contributed by atoms with E-state index in [0.29, 0.717) is 24.1 Å². The molecule has 4 amide bonds. The highest BCUT2D eigenvalue weighted by atomic mass is 16.5. The zero-order chi connectivity index (χ0) is 29.3. The SMILES string of the molecule is COc1cccc(C2C3=CCC4C(=O)N(C5CCCCC5)C(=O)C4C3CC3C(=O)N(c4ccccc4)C(=O)C32C)c1O. The van der Waals surface area contributed by atoms with Crippen molar-refractivity contribution in [3.8, 4) is 11.5 Å². The third-order valence-electron chi connectivity index (χ3n) is 10.8. The van der Waals surface area contributed by atoms with Gasteiger partial charge in [-0.1, -0.05) is 61.2 Å². The van der Waals surface area contributed by atoms with Crippen LogP contribution in [0.5, 0.6) is 11.5 Å². The number of fused-ring (bicyclic) bond motifs is 4. The van der Waals surface area contributed by atoms with Gasteiger partial charge < -0.3 is 9.84 Å². The Hall–Kier alpha value is -3.94. The van der Waals surface area contributed by atoms with E-state index < -0.39 is 35.0 Å². The molecule has 7 rings (SSSR count). The van der Waals surface area contributed by atoms with E-state index in [-0.39, 0.29) is 41.2 Å². The molecule has 0 spiro atoms. The van der Waals surface area contributed by atoms with Gasteiger partial charge in [0.1, 0.15) is 0 Å². The van der Waals surface area contributed by atoms with Crippen LogP contribution in [0.2, 0.25) is 0 Å². The van der Waals surface area contributed by atoms with Crippen molar-refractivity contribution in [3.63, 3.8) is 0 Å². The maximum atomic E-state index is 14.4. The molecular formula is C34H36N2O6. The summed E-state index contributed by atoms with van der Waals surface area (Å²) in [4.78, 5) is 59.4. The van der Waals surface area contributed by atoms with E-state index in [2.05, 4.69) is 0 Å². The molecule has 6 unspecified atom stereocenters. The zero-order valence-corrected chi connectivity index (χ0v) is 24.0. The fourth-order valence-corrected chi connectivity index (χ4v) is 8.84. The number of methoxy groups -OCH3 is 1. The standard InChI is InChI=1S/C34H36N2O6/c1-34-25(31(39)36(33(34)41)20-12-7-4-8-13-20)18-24-21(28(34)23-14-9-15-26(42-2)29(23)37)16-17-22-27(24)32(40)35(30(22)38)19-10-5-3-6-11-19/h4,7-9,12-16,19,22,24-25,27-28,37H,3,5-6,10-11,17-18H2,1-2H3. The van der Waals surface area contributed by atoms with Crippen molar-refractivity contribution in [2.45, 2.75) is 63.8 Å². The second-order valence-corrected chi connectivity index (χ2v) is 12.7. The fraction of sp³-hybridized carbons (Fsp3) is 0.471. The lowest BCUT2D eigenvalue weighted by atomic mass is 9.51. The van der Waals surface area contributed by atoms with E-state index in [1.807, 2.05) is 19.1 Å². The Morgan fingerprint density at radius 2 is 1.62 bits per heavy atom. The molecule has 2 aromatic carbocycles. The number of allylic oxidation sites excluding steroid dienone is 2. The fourth-order valence-electron chi connectivity index (χ4n) is 8.84. The summed E-state index contributed by atoms with van der Waals surface area (Å²) in [5.41, 5.74) is 0.650. The van der Waals surface area contributed by atoms with E-state index >= 15 is 0 Å². The Bertz CT molecular complexity index is 1510. The number of phenolic OH excluding ortho intramolecular Hbond substituents is 1. The lowest BCUT2D eigenvalue weighted by Crippen LogP contribution is -2.49. The van der Waals surface area contributed by atoms with E-state index in [1.54, 1.807) is 47.4 Å². The van der Waals surface area contributed by atoms with Crippen LogP contribution in [0, 0.1) is 29.1 Å². The predicted octanol–water partition coefficient (Wildman–Crippen LogP) is 4.96. The highest BCUT2D eigenvalue weighted by Crippen LogP contribution is 2.65. The number of carbonyl (C=O) groups is 4. The molecule has 2 heterocycles. The molecule has 2 aliphatic heterocycles. The van der Waals surface area contributed by atoms with Gasteiger partial charge in [0, 0.05) is 17.5 Å². The van der Waals surface area contributed by atoms with Crippen LogP contribution in [0.25, 0.3) is 0 Å². The van der Waals surface area contributed by atoms with Crippen molar-refractivity contribution in [1.82, 2.24) is 4.90 Å². The van der Waals surface area contributed by atoms with Gasteiger partial charge in [-0.05, 0) is 56.7 Å². The van der Waals surface area contributed by atoms with Gasteiger partial charge in [0.15, 0.2) is 11.5 Å². The number of para-hydroxylation sites is 2. The van der Waals surface area contributed by atoms with Crippen LogP contribution < -0.4 is 9.64 Å². The Morgan fingerprint density at radius 3 is 2.33 bits per heavy atom. The number of rotatable bonds is 4. The van der Waals surface area contributed by atoms with Crippen LogP contribution >= 0.6 is 0 Å². The number of amides is 4. The van der Waals surface area contributed by atoms with Gasteiger partial charge in [-0.25, -0.2) is 4.90 Å². The molecule has 8 nitrogen and oxygen atoms in total. The van der Waals surface area contributed by atoms with Crippen LogP contribution in [0.1, 0.15) is 63.4 Å². The average Bonchev–Trinajstić information content (AvgIpc) is 3.38. The average molecular weight is 569 g/mol. The second-order valence-electron chi connectivity index (χ2n) is 12.7. The molecule has 2 saturated heterocycles. The summed E-state index contributed by atoms with van der Waals surface area (Å²) in [6, 6.07) is 14.1. The smallest absolute Gasteiger partial charge is 0.241 e. The quantitative estimate of drug-likeness (QED) is 0.413. The Kier molecular flexibility index (Phi) is 6.29. The molecule has 0 radical (unpaired) electrons. The highest BCUT2D eigenvalue weighted by Gasteiger charge is 2.68. The van der Waals surface area contributed by atoms with Gasteiger partial charge in [0.25, 0.3) is 0 Å². The van der Waals surface area contributed by atoms with Gasteiger partial charge in [0.05, 0.1) is 36.0 Å². The van der Waals surface area contributed by atoms with Gasteiger partial charge in [-0.2, -0.15) is 0 Å². The van der Waals surface area contributed by atoms with Crippen molar-refractivity contribution in [2.24, 2.45) is 29.1 Å². The Morgan fingerprint density at radius 1 is 0.881 bits per heavy atom. The number of hydrogen-bond acceptors (Lipinski definition) is 6. The van der Waals surface area contributed by atoms with Gasteiger partial charge in [0.2, 0.25) is 23.6 Å². The highest BCUT2D eigenvalue weighted by molar-refractivity contribution is 6.24. The minimum atomic E-state index is -1.21. The number of carbonyl (C=O) groups excluding carboxylic acids is 4. The van der Waals surface area contributed by atoms with Crippen LogP contribution in [0.15, 0.2) is 60.2 Å². The summed E-state index contributed by atoms with van der Waals surface area (Å²) < 4.78 is 5.44. The molecule has 3 aliphatic carbocycles. The maximum absolute atomic E-state index is 14.4. The van der Waals surface area contributed by atoms with Gasteiger partial charge in [-0.15, -0.1) is 0 Å². The Balaban J connectivity index is 1.37. The topological polar surface area (TPSA) is 104 Å². The first kappa shape index (κ1) is 26.9. The molecule has 2 aromatic rings. The molecule has 6 atom stereocenters. The van der Waals surface area contributed by atoms with Crippen LogP contribution in [0.4, 0.5) is 5.69 Å². The predicted molar refractivity (Wildman–Crippen MR) is 154 cm³/mol. The van der Waals surface area contributed by atoms with Crippen molar-refractivity contribution < 1.29 is 29.0 Å². The van der Waals surface area contributed by atoms with E-state index in [9.17, 15) is 24.3 Å². The normalized spacial score (nSPS) is 32.9. The number of imide groups is 2. The summed E-state index contributed by atoms with van der Waals surface area (Å²) >= 11 is 0. The first-order valence-electron chi connectivity index (χ1n) is 15.1. The summed E-state index contributed by atoms with van der Waals surface area (Å²) in [7, 11) is 1.47. The Labute approximate surface area is 245 Å². The molecular weight excluding hydrogens is 532 g/mol. The summed E-state index contributed by atoms with van der Waals surface area (Å²) in [6.07, 6.45) is 7.53. The number of nitrogens with zero attached hydrogens (tertiary/aromatic N) is 2. The lowest BCUT2D eigenvalue weighted by Gasteiger charge is -2.49.